The third kappa shape index (κ3) is 2590. The van der Waals surface area contributed by atoms with Gasteiger partial charge in [0.15, 0.2) is 0 Å². The molecule has 0 radical (unpaired) electrons. The molecule has 0 amide bonds. The first-order chi connectivity index (χ1) is 4.00. The van der Waals surface area contributed by atoms with Gasteiger partial charge in [0.05, 0.1) is 0 Å². The fourth-order valence-electron chi connectivity index (χ4n) is 0. The Labute approximate surface area is 170 Å². The molecule has 0 aliphatic carbocycles. The fraction of sp³-hybridized carbons (Fsp3) is 0. The molecular weight excluding hydrogens is 907 g/mol. The van der Waals surface area contributed by atoms with Crippen molar-refractivity contribution in [2.45, 2.75) is 0 Å². The average Bonchev–Trinajstić information content (AvgIpc) is 1.12. The van der Waals surface area contributed by atoms with E-state index in [4.69, 9.17) is 38.5 Å². The first-order valence-electron chi connectivity index (χ1n) is 1.46. The summed E-state index contributed by atoms with van der Waals surface area (Å²) in [4.78, 5) is 51.3. The van der Waals surface area contributed by atoms with Crippen LogP contribution in [-0.2, 0) is 72.3 Å². The fourth-order valence-corrected chi connectivity index (χ4v) is 0. The van der Waals surface area contributed by atoms with Crippen LogP contribution in [0.5, 0.6) is 0 Å². The van der Waals surface area contributed by atoms with Crippen LogP contribution in [-0.4, -0.2) is 16.4 Å². The summed E-state index contributed by atoms with van der Waals surface area (Å²) in [6.45, 7) is 0. The molecule has 0 fully saturated rings. The van der Waals surface area contributed by atoms with E-state index in [9.17, 15) is 0 Å². The van der Waals surface area contributed by atoms with Gasteiger partial charge in [-0.15, -0.1) is 0 Å². The molecule has 0 heterocycles. The minimum atomic E-state index is -5.39. The van der Waals surface area contributed by atoms with Crippen LogP contribution in [0, 0.1) is 0 Å². The third-order valence-corrected chi connectivity index (χ3v) is 0. The van der Waals surface area contributed by atoms with Gasteiger partial charge in [0, 0.05) is 0 Å². The molecule has 0 spiro atoms. The van der Waals surface area contributed by atoms with Gasteiger partial charge >= 0.3 is 63.2 Å². The number of rotatable bonds is 0. The van der Waals surface area contributed by atoms with Crippen molar-refractivity contribution < 1.29 is 118 Å². The summed E-state index contributed by atoms with van der Waals surface area (Å²) in [7, 11) is -10.8. The summed E-state index contributed by atoms with van der Waals surface area (Å²) in [6, 6.07) is 0. The third-order valence-electron chi connectivity index (χ3n) is 0. The van der Waals surface area contributed by atoms with E-state index in [1.807, 2.05) is 0 Å². The van der Waals surface area contributed by atoms with Gasteiger partial charge in [-0.2, -0.15) is 15.6 Å². The molecule has 0 saturated heterocycles. The Morgan fingerprint density at radius 2 is 0.409 bits per heavy atom. The van der Waals surface area contributed by atoms with Crippen LogP contribution in [0.4, 0.5) is 0 Å². The van der Waals surface area contributed by atoms with E-state index in [2.05, 4.69) is 0 Å². The van der Waals surface area contributed by atoms with E-state index in [0.29, 0.717) is 0 Å². The Balaban J connectivity index is -0.00000000314. The van der Waals surface area contributed by atoms with E-state index in [1.54, 1.807) is 0 Å². The van der Waals surface area contributed by atoms with Gasteiger partial charge < -0.3 is 91.8 Å². The Morgan fingerprint density at radius 3 is 0.409 bits per heavy atom. The smallest absolute Gasteiger partial charge is 0.822 e. The minimum Gasteiger partial charge on any atom is -0.822 e. The molecule has 17 nitrogen and oxygen atoms in total. The average molecular weight is 931 g/mol. The van der Waals surface area contributed by atoms with E-state index < -0.39 is 15.6 Å². The van der Waals surface area contributed by atoms with Gasteiger partial charge in [-0.1, -0.05) is 0 Å². The molecule has 0 atom stereocenters. The Kier molecular flexibility index (Phi) is 330. The normalized spacial score (nSPS) is 5.36. The van der Waals surface area contributed by atoms with Crippen molar-refractivity contribution in [3.05, 3.63) is 0 Å². The molecule has 22 heavy (non-hydrogen) atoms. The van der Waals surface area contributed by atoms with Gasteiger partial charge in [0.2, 0.25) is 0 Å². The largest absolute Gasteiger partial charge is 2.00 e. The molecule has 22 heteroatoms. The Morgan fingerprint density at radius 1 is 0.409 bits per heavy atom. The molecule has 0 aliphatic heterocycles. The van der Waals surface area contributed by atoms with Crippen molar-refractivity contribution in [2.24, 2.45) is 0 Å². The predicted molar refractivity (Wildman–Crippen MR) is 56.2 cm³/mol. The van der Waals surface area contributed by atoms with Crippen molar-refractivity contribution in [1.82, 2.24) is 36.9 Å². The second-order valence-electron chi connectivity index (χ2n) is 0.894. The van der Waals surface area contributed by atoms with Crippen LogP contribution in [0.3, 0.4) is 0 Å². The SMILES string of the molecule is N.N.N.N.N.N.O.O.O.O=P([O-])([O-])[O-].O=P([O-])([O-])[O-].[Pt+2].[Pt+2].[Pt+2]. The maximum Gasteiger partial charge on any atom is 2.00 e. The van der Waals surface area contributed by atoms with Crippen LogP contribution in [0.1, 0.15) is 0 Å². The molecule has 0 rings (SSSR count). The monoisotopic (exact) mass is 931 g/mol. The zero-order valence-electron chi connectivity index (χ0n) is 10.9. The van der Waals surface area contributed by atoms with Gasteiger partial charge in [-0.25, -0.2) is 0 Å². The van der Waals surface area contributed by atoms with Gasteiger partial charge in [0.25, 0.3) is 0 Å². The molecule has 24 N–H and O–H groups in total. The van der Waals surface area contributed by atoms with E-state index in [0.717, 1.165) is 0 Å². The second-order valence-corrected chi connectivity index (χ2v) is 2.68. The molecule has 0 aliphatic rings. The number of hydrogen-bond donors (Lipinski definition) is 6. The summed E-state index contributed by atoms with van der Waals surface area (Å²) < 4.78 is 17.1. The van der Waals surface area contributed by atoms with E-state index >= 15 is 0 Å². The summed E-state index contributed by atoms with van der Waals surface area (Å²) in [6.07, 6.45) is 0. The zero-order chi connectivity index (χ0) is 9.00. The molecule has 0 saturated carbocycles. The van der Waals surface area contributed by atoms with Crippen LogP contribution in [0.2, 0.25) is 0 Å². The van der Waals surface area contributed by atoms with E-state index in [-0.39, 0.29) is 117 Å². The van der Waals surface area contributed by atoms with Crippen LogP contribution in [0.15, 0.2) is 0 Å². The number of hydrogen-bond acceptors (Lipinski definition) is 14. The quantitative estimate of drug-likeness (QED) is 0.123. The van der Waals surface area contributed by atoms with Crippen molar-refractivity contribution in [1.29, 1.82) is 0 Å². The van der Waals surface area contributed by atoms with Gasteiger partial charge in [-0.3, -0.25) is 0 Å². The standard InChI is InChI=1S/6H3N.2H3O4P.3H2O.3Pt/c;;;;;;2*1-5(2,3)4;;;;;;/h6*1H3;2*(H3,1,2,3,4);3*1H2;;;/q;;;;;;;;;;;3*+2/p-6. The first-order valence-corrected chi connectivity index (χ1v) is 4.38. The molecule has 0 aromatic carbocycles. The molecule has 0 bridgehead atoms. The van der Waals surface area contributed by atoms with Crippen molar-refractivity contribution in [3.8, 4) is 0 Å². The van der Waals surface area contributed by atoms with Gasteiger partial charge in [-0.05, 0) is 0 Å². The van der Waals surface area contributed by atoms with Crippen LogP contribution < -0.4 is 66.3 Å². The summed E-state index contributed by atoms with van der Waals surface area (Å²) >= 11 is 0. The molecule has 160 valence electrons. The van der Waals surface area contributed by atoms with Crippen molar-refractivity contribution >= 4 is 15.6 Å². The number of phosphoric acid groups is 2. The van der Waals surface area contributed by atoms with Crippen LogP contribution >= 0.6 is 15.6 Å². The minimum absolute atomic E-state index is 0. The van der Waals surface area contributed by atoms with Gasteiger partial charge in [0.1, 0.15) is 0 Å². The maximum atomic E-state index is 8.55. The Hall–Kier alpha value is 1.92. The summed E-state index contributed by atoms with van der Waals surface area (Å²) in [5.41, 5.74) is 0. The topological polar surface area (TPSA) is 477 Å². The molecule has 0 aromatic heterocycles. The molecular formula is H24N6O11P2Pt3. The predicted octanol–water partition coefficient (Wildman–Crippen LogP) is -7.16. The Bertz CT molecular complexity index is 150. The second kappa shape index (κ2) is 56.8. The zero-order valence-corrected chi connectivity index (χ0v) is 19.5. The summed E-state index contributed by atoms with van der Waals surface area (Å²) in [5, 5.41) is 0. The molecule has 0 unspecified atom stereocenters. The maximum absolute atomic E-state index is 8.55. The summed E-state index contributed by atoms with van der Waals surface area (Å²) in [5.74, 6) is 0. The van der Waals surface area contributed by atoms with E-state index in [1.165, 1.54) is 0 Å². The first kappa shape index (κ1) is 128. The van der Waals surface area contributed by atoms with Crippen molar-refractivity contribution in [3.63, 3.8) is 0 Å². The molecule has 0 aromatic rings. The van der Waals surface area contributed by atoms with Crippen molar-refractivity contribution in [2.75, 3.05) is 0 Å². The van der Waals surface area contributed by atoms with Crippen LogP contribution in [0.25, 0.3) is 0 Å².